The summed E-state index contributed by atoms with van der Waals surface area (Å²) in [6.45, 7) is 7.28. The van der Waals surface area contributed by atoms with Crippen LogP contribution in [0.2, 0.25) is 0 Å². The average Bonchev–Trinajstić information content (AvgIpc) is 2.36. The Morgan fingerprint density at radius 2 is 1.74 bits per heavy atom. The minimum absolute atomic E-state index is 0. The number of esters is 1. The van der Waals surface area contributed by atoms with Crippen LogP contribution in [0, 0.1) is 6.61 Å². The van der Waals surface area contributed by atoms with E-state index in [0.29, 0.717) is 19.3 Å². The van der Waals surface area contributed by atoms with Crippen molar-refractivity contribution in [2.45, 2.75) is 46.5 Å². The fraction of sp³-hybridized carbons (Fsp3) is 0.600. The molecule has 0 aliphatic carbocycles. The summed E-state index contributed by atoms with van der Waals surface area (Å²) in [5.74, 6) is -0.137. The smallest absolute Gasteiger partial charge is 0.461 e. The molecule has 8 heteroatoms. The Bertz CT molecular complexity index is 460. The summed E-state index contributed by atoms with van der Waals surface area (Å²) in [6, 6.07) is 0. The summed E-state index contributed by atoms with van der Waals surface area (Å²) < 4.78 is 30.9. The molecule has 0 radical (unpaired) electrons. The molecule has 0 atom stereocenters. The molecule has 0 spiro atoms. The summed E-state index contributed by atoms with van der Waals surface area (Å²) in [6.07, 6.45) is 7.72. The second-order valence-electron chi connectivity index (χ2n) is 4.83. The van der Waals surface area contributed by atoms with Gasteiger partial charge < -0.3 is 9.84 Å². The number of allylic oxidation sites excluding steroid dienone is 2. The topological polar surface area (TPSA) is 101 Å². The van der Waals surface area contributed by atoms with Crippen LogP contribution in [-0.2, 0) is 19.6 Å². The molecule has 0 fully saturated rings. The van der Waals surface area contributed by atoms with Gasteiger partial charge in [-0.05, 0) is 25.8 Å². The van der Waals surface area contributed by atoms with Gasteiger partial charge in [-0.15, -0.1) is 6.61 Å². The summed E-state index contributed by atoms with van der Waals surface area (Å²) in [7, 11) is -3.67. The van der Waals surface area contributed by atoms with E-state index in [1.165, 1.54) is 5.57 Å². The van der Waals surface area contributed by atoms with Crippen LogP contribution in [0.25, 0.3) is 0 Å². The van der Waals surface area contributed by atoms with Crippen LogP contribution in [-0.4, -0.2) is 36.9 Å². The van der Waals surface area contributed by atoms with Crippen molar-refractivity contribution in [2.24, 2.45) is 0 Å². The van der Waals surface area contributed by atoms with Gasteiger partial charge in [0.2, 0.25) is 0 Å². The van der Waals surface area contributed by atoms with E-state index in [4.69, 9.17) is 14.4 Å². The Kier molecular flexibility index (Phi) is 19.8. The molecule has 0 saturated carbocycles. The van der Waals surface area contributed by atoms with Crippen molar-refractivity contribution in [3.63, 3.8) is 0 Å². The molecule has 2 N–H and O–H groups in total. The Morgan fingerprint density at radius 3 is 2.17 bits per heavy atom. The van der Waals surface area contributed by atoms with Gasteiger partial charge in [-0.1, -0.05) is 25.8 Å². The molecular formula is C15H27NaO6S. The van der Waals surface area contributed by atoms with Crippen molar-refractivity contribution in [3.8, 4) is 0 Å². The molecule has 6 nitrogen and oxygen atoms in total. The van der Waals surface area contributed by atoms with Crippen LogP contribution in [0.1, 0.15) is 46.5 Å². The second-order valence-corrected chi connectivity index (χ2v) is 6.30. The first-order valence-electron chi connectivity index (χ1n) is 6.98. The van der Waals surface area contributed by atoms with Crippen molar-refractivity contribution in [1.29, 1.82) is 0 Å². The predicted molar refractivity (Wildman–Crippen MR) is 86.3 cm³/mol. The number of rotatable bonds is 8. The standard InChI is InChI=1S/C14H23O3.CH4O3S.Na/c1-4-6-14(16)17-10-9-12(2)7-5-8-13(3)11-15;1-5(2,3)4;/h8-9,11,15H,4-7,10H2,1-3H3;1H3,(H,2,3,4);/q-1;;+1. The monoisotopic (exact) mass is 358 g/mol. The summed E-state index contributed by atoms with van der Waals surface area (Å²) in [5.41, 5.74) is 2.06. The summed E-state index contributed by atoms with van der Waals surface area (Å²) in [5, 5.41) is 8.69. The van der Waals surface area contributed by atoms with Gasteiger partial charge in [-0.2, -0.15) is 14.0 Å². The molecule has 0 saturated heterocycles. The Balaban J connectivity index is -0.000000578. The largest absolute Gasteiger partial charge is 1.00 e. The van der Waals surface area contributed by atoms with Crippen molar-refractivity contribution < 1.29 is 57.2 Å². The van der Waals surface area contributed by atoms with Gasteiger partial charge in [0, 0.05) is 6.42 Å². The van der Waals surface area contributed by atoms with Crippen LogP contribution in [0.3, 0.4) is 0 Å². The SMILES string of the molecule is CCCC(=O)OCC=C(C)CCC=C(C)[CH-]O.CS(=O)(=O)O.[Na+]. The average molecular weight is 358 g/mol. The van der Waals surface area contributed by atoms with Gasteiger partial charge in [-0.3, -0.25) is 9.35 Å². The van der Waals surface area contributed by atoms with E-state index >= 15 is 0 Å². The molecule has 0 aliphatic rings. The van der Waals surface area contributed by atoms with E-state index in [2.05, 4.69) is 0 Å². The number of ether oxygens (including phenoxy) is 1. The minimum atomic E-state index is -3.67. The van der Waals surface area contributed by atoms with E-state index < -0.39 is 10.1 Å². The zero-order valence-corrected chi connectivity index (χ0v) is 17.5. The molecular weight excluding hydrogens is 331 g/mol. The minimum Gasteiger partial charge on any atom is -0.461 e. The first-order chi connectivity index (χ1) is 10.1. The Morgan fingerprint density at radius 1 is 1.22 bits per heavy atom. The fourth-order valence-corrected chi connectivity index (χ4v) is 1.24. The van der Waals surface area contributed by atoms with E-state index in [9.17, 15) is 13.2 Å². The van der Waals surface area contributed by atoms with Gasteiger partial charge in [0.25, 0.3) is 10.1 Å². The molecule has 0 aromatic rings. The van der Waals surface area contributed by atoms with Crippen LogP contribution < -0.4 is 29.6 Å². The third kappa shape index (κ3) is 30.2. The van der Waals surface area contributed by atoms with E-state index in [1.54, 1.807) is 0 Å². The molecule has 0 rings (SSSR count). The van der Waals surface area contributed by atoms with Gasteiger partial charge >= 0.3 is 35.5 Å². The molecule has 0 amide bonds. The maximum atomic E-state index is 11.1. The van der Waals surface area contributed by atoms with Gasteiger partial charge in [0.1, 0.15) is 6.61 Å². The van der Waals surface area contributed by atoms with Crippen LogP contribution in [0.4, 0.5) is 0 Å². The normalized spacial score (nSPS) is 11.7. The number of aliphatic hydroxyl groups is 1. The number of hydrogen-bond donors (Lipinski definition) is 2. The van der Waals surface area contributed by atoms with E-state index in [0.717, 1.165) is 31.4 Å². The molecule has 0 aromatic heterocycles. The zero-order valence-electron chi connectivity index (χ0n) is 14.7. The van der Waals surface area contributed by atoms with Crippen molar-refractivity contribution in [2.75, 3.05) is 12.9 Å². The Hall–Kier alpha value is -0.310. The van der Waals surface area contributed by atoms with Gasteiger partial charge in [-0.25, -0.2) is 6.08 Å². The summed E-state index contributed by atoms with van der Waals surface area (Å²) >= 11 is 0. The zero-order chi connectivity index (χ0) is 17.6. The predicted octanol–water partition coefficient (Wildman–Crippen LogP) is 0.0448. The maximum Gasteiger partial charge on any atom is 1.00 e. The number of carbonyl (C=O) groups is 1. The van der Waals surface area contributed by atoms with Crippen LogP contribution >= 0.6 is 0 Å². The quantitative estimate of drug-likeness (QED) is 0.209. The number of aliphatic hydroxyl groups excluding tert-OH is 1. The van der Waals surface area contributed by atoms with Gasteiger partial charge in [0.05, 0.1) is 6.26 Å². The maximum absolute atomic E-state index is 11.1. The molecule has 0 heterocycles. The molecule has 0 unspecified atom stereocenters. The first-order valence-corrected chi connectivity index (χ1v) is 8.82. The molecule has 0 aliphatic heterocycles. The number of hydrogen-bond acceptors (Lipinski definition) is 5. The number of carbonyl (C=O) groups excluding carboxylic acids is 1. The second kappa shape index (κ2) is 16.5. The van der Waals surface area contributed by atoms with Crippen LogP contribution in [0.5, 0.6) is 0 Å². The summed E-state index contributed by atoms with van der Waals surface area (Å²) in [4.78, 5) is 11.1. The van der Waals surface area contributed by atoms with Gasteiger partial charge in [0.15, 0.2) is 0 Å². The fourth-order valence-electron chi connectivity index (χ4n) is 1.24. The molecule has 130 valence electrons. The van der Waals surface area contributed by atoms with Crippen molar-refractivity contribution in [1.82, 2.24) is 0 Å². The molecule has 0 bridgehead atoms. The van der Waals surface area contributed by atoms with E-state index in [-0.39, 0.29) is 35.5 Å². The van der Waals surface area contributed by atoms with Crippen molar-refractivity contribution >= 4 is 16.1 Å². The van der Waals surface area contributed by atoms with E-state index in [1.807, 2.05) is 32.9 Å². The third-order valence-electron chi connectivity index (χ3n) is 2.34. The first kappa shape index (κ1) is 27.5. The van der Waals surface area contributed by atoms with Crippen LogP contribution in [0.15, 0.2) is 23.3 Å². The third-order valence-corrected chi connectivity index (χ3v) is 2.34. The Labute approximate surface area is 162 Å². The van der Waals surface area contributed by atoms with Crippen molar-refractivity contribution in [3.05, 3.63) is 29.9 Å². The molecule has 23 heavy (non-hydrogen) atoms. The molecule has 0 aromatic carbocycles.